The van der Waals surface area contributed by atoms with Crippen LogP contribution in [0.3, 0.4) is 0 Å². The molecule has 58 valence electrons. The molecule has 0 spiro atoms. The second kappa shape index (κ2) is 3.55. The molecule has 0 aliphatic carbocycles. The second-order valence-corrected chi connectivity index (χ2v) is 1.95. The Morgan fingerprint density at radius 2 is 2.45 bits per heavy atom. The molecule has 0 aromatic carbocycles. The Hall–Kier alpha value is -1.58. The number of carbonyl (C=O) groups excluding carboxylic acids is 1. The van der Waals surface area contributed by atoms with E-state index in [1.807, 2.05) is 13.0 Å². The van der Waals surface area contributed by atoms with Crippen molar-refractivity contribution in [1.29, 1.82) is 0 Å². The van der Waals surface area contributed by atoms with E-state index in [4.69, 9.17) is 4.42 Å². The van der Waals surface area contributed by atoms with Crippen molar-refractivity contribution in [3.63, 3.8) is 0 Å². The maximum Gasteiger partial charge on any atom is 0.227 e. The van der Waals surface area contributed by atoms with E-state index < -0.39 is 0 Å². The second-order valence-electron chi connectivity index (χ2n) is 1.95. The third-order valence-electron chi connectivity index (χ3n) is 1.08. The molecule has 1 aromatic heterocycles. The fraction of sp³-hybridized carbons (Fsp3) is 0.143. The molecule has 1 heterocycles. The number of hydrogen-bond donors (Lipinski definition) is 1. The summed E-state index contributed by atoms with van der Waals surface area (Å²) in [6.07, 6.45) is 1.92. The number of rotatable bonds is 3. The highest BCUT2D eigenvalue weighted by atomic mass is 16.3. The normalized spacial score (nSPS) is 10.3. The van der Waals surface area contributed by atoms with Crippen LogP contribution < -0.4 is 5.43 Å². The van der Waals surface area contributed by atoms with Crippen molar-refractivity contribution in [2.24, 2.45) is 5.10 Å². The molecule has 1 rings (SSSR count). The zero-order valence-electron chi connectivity index (χ0n) is 6.07. The lowest BCUT2D eigenvalue weighted by Crippen LogP contribution is -1.99. The summed E-state index contributed by atoms with van der Waals surface area (Å²) in [5, 5.41) is 3.54. The van der Waals surface area contributed by atoms with Gasteiger partial charge in [0.25, 0.3) is 0 Å². The summed E-state index contributed by atoms with van der Waals surface area (Å²) in [5.41, 5.74) is 2.13. The lowest BCUT2D eigenvalue weighted by molar-refractivity contribution is -0.109. The molecule has 0 aliphatic rings. The Morgan fingerprint density at radius 1 is 1.64 bits per heavy atom. The van der Waals surface area contributed by atoms with E-state index in [1.54, 1.807) is 6.07 Å². The number of nitrogens with zero attached hydrogens (tertiary/aromatic N) is 1. The molecule has 0 fully saturated rings. The van der Waals surface area contributed by atoms with Crippen LogP contribution in [-0.2, 0) is 4.79 Å². The summed E-state index contributed by atoms with van der Waals surface area (Å²) in [4.78, 5) is 9.74. The van der Waals surface area contributed by atoms with Crippen molar-refractivity contribution in [2.75, 3.05) is 0 Å². The van der Waals surface area contributed by atoms with Gasteiger partial charge >= 0.3 is 0 Å². The Labute approximate surface area is 63.9 Å². The topological polar surface area (TPSA) is 54.6 Å². The van der Waals surface area contributed by atoms with Crippen LogP contribution >= 0.6 is 0 Å². The van der Waals surface area contributed by atoms with E-state index in [2.05, 4.69) is 10.5 Å². The van der Waals surface area contributed by atoms with Gasteiger partial charge in [0.15, 0.2) is 0 Å². The lowest BCUT2D eigenvalue weighted by atomic mass is 10.4. The van der Waals surface area contributed by atoms with Crippen LogP contribution in [0, 0.1) is 6.92 Å². The van der Waals surface area contributed by atoms with Gasteiger partial charge in [0.2, 0.25) is 6.41 Å². The predicted molar refractivity (Wildman–Crippen MR) is 40.2 cm³/mol. The highest BCUT2D eigenvalue weighted by Crippen LogP contribution is 2.02. The molecule has 4 heteroatoms. The number of furan rings is 1. The van der Waals surface area contributed by atoms with Crippen LogP contribution in [0.2, 0.25) is 0 Å². The zero-order valence-corrected chi connectivity index (χ0v) is 6.07. The van der Waals surface area contributed by atoms with Gasteiger partial charge in [-0.05, 0) is 19.1 Å². The first kappa shape index (κ1) is 7.53. The van der Waals surface area contributed by atoms with Gasteiger partial charge in [0.05, 0.1) is 6.21 Å². The van der Waals surface area contributed by atoms with Crippen LogP contribution in [0.1, 0.15) is 11.5 Å². The molecule has 1 aromatic rings. The molecule has 0 atom stereocenters. The Balaban J connectivity index is 2.56. The van der Waals surface area contributed by atoms with E-state index >= 15 is 0 Å². The van der Waals surface area contributed by atoms with Crippen molar-refractivity contribution in [3.8, 4) is 0 Å². The molecular weight excluding hydrogens is 144 g/mol. The van der Waals surface area contributed by atoms with E-state index in [0.29, 0.717) is 12.2 Å². The quantitative estimate of drug-likeness (QED) is 0.393. The molecule has 11 heavy (non-hydrogen) atoms. The van der Waals surface area contributed by atoms with Gasteiger partial charge in [-0.1, -0.05) is 0 Å². The largest absolute Gasteiger partial charge is 0.460 e. The lowest BCUT2D eigenvalue weighted by Gasteiger charge is -1.83. The zero-order chi connectivity index (χ0) is 8.10. The minimum absolute atomic E-state index is 0.492. The predicted octanol–water partition coefficient (Wildman–Crippen LogP) is 0.668. The minimum Gasteiger partial charge on any atom is -0.460 e. The standard InChI is InChI=1S/C7H8N2O2/c1-6-2-3-7(11-6)4-8-9-5-10/h2-5H,1H3,(H,9,10)/b8-4+. The third-order valence-corrected chi connectivity index (χ3v) is 1.08. The first-order valence-electron chi connectivity index (χ1n) is 3.11. The number of aryl methyl sites for hydroxylation is 1. The summed E-state index contributed by atoms with van der Waals surface area (Å²) in [6, 6.07) is 3.59. The minimum atomic E-state index is 0.492. The number of nitrogens with one attached hydrogen (secondary N) is 1. The molecule has 0 saturated carbocycles. The molecule has 1 N–H and O–H groups in total. The van der Waals surface area contributed by atoms with E-state index in [9.17, 15) is 4.79 Å². The molecule has 0 saturated heterocycles. The van der Waals surface area contributed by atoms with Gasteiger partial charge in [-0.25, -0.2) is 5.43 Å². The maximum atomic E-state index is 9.74. The van der Waals surface area contributed by atoms with Crippen molar-refractivity contribution < 1.29 is 9.21 Å². The highest BCUT2D eigenvalue weighted by molar-refractivity contribution is 5.76. The number of carbonyl (C=O) groups is 1. The summed E-state index contributed by atoms with van der Waals surface area (Å²) in [5.74, 6) is 1.44. The number of hydrazone groups is 1. The monoisotopic (exact) mass is 152 g/mol. The van der Waals surface area contributed by atoms with Crippen LogP contribution in [0.15, 0.2) is 21.7 Å². The van der Waals surface area contributed by atoms with Gasteiger partial charge < -0.3 is 4.42 Å². The van der Waals surface area contributed by atoms with Crippen LogP contribution in [0.5, 0.6) is 0 Å². The summed E-state index contributed by atoms with van der Waals surface area (Å²) < 4.78 is 5.12. The number of amides is 1. The van der Waals surface area contributed by atoms with Crippen molar-refractivity contribution >= 4 is 12.6 Å². The molecule has 1 amide bonds. The van der Waals surface area contributed by atoms with E-state index in [1.165, 1.54) is 6.21 Å². The number of hydrogen-bond acceptors (Lipinski definition) is 3. The van der Waals surface area contributed by atoms with Gasteiger partial charge in [0.1, 0.15) is 11.5 Å². The average molecular weight is 152 g/mol. The molecule has 0 bridgehead atoms. The van der Waals surface area contributed by atoms with Crippen molar-refractivity contribution in [3.05, 3.63) is 23.7 Å². The first-order valence-corrected chi connectivity index (χ1v) is 3.11. The molecule has 4 nitrogen and oxygen atoms in total. The van der Waals surface area contributed by atoms with Crippen LogP contribution in [-0.4, -0.2) is 12.6 Å². The average Bonchev–Trinajstić information content (AvgIpc) is 2.37. The van der Waals surface area contributed by atoms with Gasteiger partial charge in [-0.3, -0.25) is 4.79 Å². The fourth-order valence-electron chi connectivity index (χ4n) is 0.654. The summed E-state index contributed by atoms with van der Waals surface area (Å²) >= 11 is 0. The third kappa shape index (κ3) is 2.25. The van der Waals surface area contributed by atoms with Gasteiger partial charge in [-0.15, -0.1) is 0 Å². The van der Waals surface area contributed by atoms with Crippen LogP contribution in [0.25, 0.3) is 0 Å². The van der Waals surface area contributed by atoms with Gasteiger partial charge in [0, 0.05) is 0 Å². The Kier molecular flexibility index (Phi) is 2.43. The highest BCUT2D eigenvalue weighted by Gasteiger charge is 1.91. The molecule has 0 unspecified atom stereocenters. The van der Waals surface area contributed by atoms with Crippen molar-refractivity contribution in [1.82, 2.24) is 5.43 Å². The summed E-state index contributed by atoms with van der Waals surface area (Å²) in [7, 11) is 0. The van der Waals surface area contributed by atoms with Crippen LogP contribution in [0.4, 0.5) is 0 Å². The molecule has 0 aliphatic heterocycles. The van der Waals surface area contributed by atoms with Crippen molar-refractivity contribution in [2.45, 2.75) is 6.92 Å². The smallest absolute Gasteiger partial charge is 0.227 e. The summed E-state index contributed by atoms with van der Waals surface area (Å²) in [6.45, 7) is 1.84. The van der Waals surface area contributed by atoms with E-state index in [-0.39, 0.29) is 0 Å². The maximum absolute atomic E-state index is 9.74. The fourth-order valence-corrected chi connectivity index (χ4v) is 0.654. The molecule has 0 radical (unpaired) electrons. The first-order chi connectivity index (χ1) is 5.33. The van der Waals surface area contributed by atoms with E-state index in [0.717, 1.165) is 5.76 Å². The Bertz CT molecular complexity index is 265. The molecular formula is C7H8N2O2. The SMILES string of the molecule is Cc1ccc(/C=N/NC=O)o1. The Morgan fingerprint density at radius 3 is 3.00 bits per heavy atom. The van der Waals surface area contributed by atoms with Gasteiger partial charge in [-0.2, -0.15) is 5.10 Å².